The van der Waals surface area contributed by atoms with Crippen molar-refractivity contribution in [2.24, 2.45) is 11.7 Å². The Bertz CT molecular complexity index is 416. The lowest BCUT2D eigenvalue weighted by Crippen LogP contribution is -2.29. The van der Waals surface area contributed by atoms with E-state index in [2.05, 4.69) is 23.4 Å². The summed E-state index contributed by atoms with van der Waals surface area (Å²) >= 11 is 0. The molecule has 2 rings (SSSR count). The van der Waals surface area contributed by atoms with Crippen molar-refractivity contribution in [3.05, 3.63) is 66.2 Å². The van der Waals surface area contributed by atoms with Crippen LogP contribution in [0.15, 0.2) is 60.7 Å². The molecule has 0 aliphatic heterocycles. The van der Waals surface area contributed by atoms with E-state index < -0.39 is 0 Å². The van der Waals surface area contributed by atoms with E-state index in [0.29, 0.717) is 0 Å². The van der Waals surface area contributed by atoms with Crippen molar-refractivity contribution in [2.75, 3.05) is 12.1 Å². The zero-order valence-electron chi connectivity index (χ0n) is 10.6. The average Bonchev–Trinajstić information content (AvgIpc) is 2.42. The zero-order chi connectivity index (χ0) is 13.2. The molecule has 18 heavy (non-hydrogen) atoms. The fraction of sp³-hybridized carbons (Fsp3) is 0.143. The number of benzene rings is 2. The van der Waals surface area contributed by atoms with Gasteiger partial charge in [-0.3, -0.25) is 11.3 Å². The monoisotopic (exact) mass is 244 g/mol. The van der Waals surface area contributed by atoms with Gasteiger partial charge in [0.25, 0.3) is 0 Å². The molecule has 0 atom stereocenters. The Hall–Kier alpha value is -1.88. The molecule has 0 bridgehead atoms. The Morgan fingerprint density at radius 3 is 1.89 bits per heavy atom. The highest BCUT2D eigenvalue weighted by Crippen LogP contribution is 2.12. The Kier molecular flexibility index (Phi) is 6.50. The maximum Gasteiger partial charge on any atom is 0.0592 e. The van der Waals surface area contributed by atoms with Gasteiger partial charge in [0.15, 0.2) is 0 Å². The molecule has 0 aliphatic rings. The summed E-state index contributed by atoms with van der Waals surface area (Å²) in [5, 5.41) is 1.75. The molecule has 0 radical (unpaired) electrons. The number of hydrogen-bond acceptors (Lipinski definition) is 4. The Morgan fingerprint density at radius 2 is 1.39 bits per heavy atom. The van der Waals surface area contributed by atoms with Gasteiger partial charge in [0.1, 0.15) is 0 Å². The first kappa shape index (κ1) is 14.2. The number of anilines is 1. The number of para-hydroxylation sites is 1. The first-order valence-corrected chi connectivity index (χ1v) is 5.76. The number of hydrazine groups is 2. The summed E-state index contributed by atoms with van der Waals surface area (Å²) in [5.41, 5.74) is 4.49. The van der Waals surface area contributed by atoms with Gasteiger partial charge in [0.2, 0.25) is 0 Å². The topological polar surface area (TPSA) is 67.3 Å². The molecular formula is C14H20N4. The van der Waals surface area contributed by atoms with E-state index in [1.54, 1.807) is 12.1 Å². The second-order valence-corrected chi connectivity index (χ2v) is 3.74. The van der Waals surface area contributed by atoms with Crippen molar-refractivity contribution in [3.63, 3.8) is 0 Å². The normalized spacial score (nSPS) is 9.28. The maximum absolute atomic E-state index is 5.96. The van der Waals surface area contributed by atoms with Crippen LogP contribution in [-0.2, 0) is 6.54 Å². The summed E-state index contributed by atoms with van der Waals surface area (Å²) in [5.74, 6) is 10.6. The van der Waals surface area contributed by atoms with E-state index in [1.165, 1.54) is 5.56 Å². The van der Waals surface area contributed by atoms with Gasteiger partial charge >= 0.3 is 0 Å². The van der Waals surface area contributed by atoms with Crippen molar-refractivity contribution in [3.8, 4) is 0 Å². The minimum atomic E-state index is 0.727. The molecule has 0 saturated carbocycles. The summed E-state index contributed by atoms with van der Waals surface area (Å²) in [6.07, 6.45) is 0. The lowest BCUT2D eigenvalue weighted by atomic mass is 10.2. The van der Waals surface area contributed by atoms with Crippen molar-refractivity contribution in [2.45, 2.75) is 6.54 Å². The van der Waals surface area contributed by atoms with E-state index >= 15 is 0 Å². The van der Waals surface area contributed by atoms with Crippen LogP contribution < -0.4 is 22.1 Å². The van der Waals surface area contributed by atoms with Crippen molar-refractivity contribution >= 4 is 5.69 Å². The van der Waals surface area contributed by atoms with E-state index in [0.717, 1.165) is 12.2 Å². The molecule has 0 amide bonds. The molecule has 0 heterocycles. The maximum atomic E-state index is 5.96. The third-order valence-electron chi connectivity index (χ3n) is 2.28. The molecule has 2 aromatic carbocycles. The Labute approximate surface area is 108 Å². The molecule has 5 N–H and O–H groups in total. The molecule has 4 nitrogen and oxygen atoms in total. The minimum Gasteiger partial charge on any atom is -0.307 e. The first-order chi connectivity index (χ1) is 8.77. The SMILES string of the molecule is CNN.NN(Cc1ccccc1)c1ccccc1. The van der Waals surface area contributed by atoms with Crippen molar-refractivity contribution < 1.29 is 0 Å². The van der Waals surface area contributed by atoms with Gasteiger partial charge in [-0.05, 0) is 24.7 Å². The van der Waals surface area contributed by atoms with Crippen molar-refractivity contribution in [1.29, 1.82) is 0 Å². The Morgan fingerprint density at radius 1 is 0.944 bits per heavy atom. The highest BCUT2D eigenvalue weighted by Gasteiger charge is 2.00. The molecule has 0 unspecified atom stereocenters. The van der Waals surface area contributed by atoms with Gasteiger partial charge in [0, 0.05) is 0 Å². The summed E-state index contributed by atoms with van der Waals surface area (Å²) in [7, 11) is 1.65. The third kappa shape index (κ3) is 4.97. The van der Waals surface area contributed by atoms with Gasteiger partial charge < -0.3 is 5.01 Å². The van der Waals surface area contributed by atoms with Crippen LogP contribution in [0, 0.1) is 0 Å². The van der Waals surface area contributed by atoms with Crippen LogP contribution in [0.4, 0.5) is 5.69 Å². The minimum absolute atomic E-state index is 0.727. The van der Waals surface area contributed by atoms with Crippen LogP contribution in [0.2, 0.25) is 0 Å². The number of hydrogen-bond donors (Lipinski definition) is 3. The van der Waals surface area contributed by atoms with Gasteiger partial charge in [-0.25, -0.2) is 5.84 Å². The molecule has 0 saturated heterocycles. The predicted octanol–water partition coefficient (Wildman–Crippen LogP) is 1.65. The zero-order valence-corrected chi connectivity index (χ0v) is 10.6. The second-order valence-electron chi connectivity index (χ2n) is 3.74. The summed E-state index contributed by atoms with van der Waals surface area (Å²) in [4.78, 5) is 0. The van der Waals surface area contributed by atoms with Crippen LogP contribution >= 0.6 is 0 Å². The average molecular weight is 244 g/mol. The quantitative estimate of drug-likeness (QED) is 0.567. The predicted molar refractivity (Wildman–Crippen MR) is 76.5 cm³/mol. The lowest BCUT2D eigenvalue weighted by Gasteiger charge is -2.18. The van der Waals surface area contributed by atoms with Gasteiger partial charge in [-0.15, -0.1) is 0 Å². The fourth-order valence-electron chi connectivity index (χ4n) is 1.49. The lowest BCUT2D eigenvalue weighted by molar-refractivity contribution is 0.853. The fourth-order valence-corrected chi connectivity index (χ4v) is 1.49. The smallest absolute Gasteiger partial charge is 0.0592 e. The Balaban J connectivity index is 0.000000492. The molecule has 96 valence electrons. The highest BCUT2D eigenvalue weighted by atomic mass is 15.4. The van der Waals surface area contributed by atoms with Crippen LogP contribution in [0.5, 0.6) is 0 Å². The molecular weight excluding hydrogens is 224 g/mol. The van der Waals surface area contributed by atoms with E-state index in [9.17, 15) is 0 Å². The number of nitrogens with zero attached hydrogens (tertiary/aromatic N) is 1. The van der Waals surface area contributed by atoms with E-state index in [1.807, 2.05) is 48.5 Å². The number of nitrogens with two attached hydrogens (primary N) is 2. The molecule has 0 aromatic heterocycles. The van der Waals surface area contributed by atoms with Crippen LogP contribution in [0.3, 0.4) is 0 Å². The molecule has 0 spiro atoms. The van der Waals surface area contributed by atoms with E-state index in [-0.39, 0.29) is 0 Å². The van der Waals surface area contributed by atoms with Gasteiger partial charge in [-0.1, -0.05) is 48.5 Å². The molecule has 2 aromatic rings. The third-order valence-corrected chi connectivity index (χ3v) is 2.28. The highest BCUT2D eigenvalue weighted by molar-refractivity contribution is 5.44. The molecule has 0 fully saturated rings. The van der Waals surface area contributed by atoms with Crippen molar-refractivity contribution in [1.82, 2.24) is 5.43 Å². The number of rotatable bonds is 3. The largest absolute Gasteiger partial charge is 0.307 e. The second kappa shape index (κ2) is 8.25. The summed E-state index contributed by atoms with van der Waals surface area (Å²) in [6.45, 7) is 0.727. The standard InChI is InChI=1S/C13H14N2.CH6N2/c14-15(13-9-5-2-6-10-13)11-12-7-3-1-4-8-12;1-3-2/h1-10H,11,14H2;3H,2H2,1H3. The number of nitrogens with one attached hydrogen (secondary N) is 1. The van der Waals surface area contributed by atoms with Crippen LogP contribution in [-0.4, -0.2) is 7.05 Å². The van der Waals surface area contributed by atoms with Crippen LogP contribution in [0.1, 0.15) is 5.56 Å². The first-order valence-electron chi connectivity index (χ1n) is 5.76. The van der Waals surface area contributed by atoms with Crippen LogP contribution in [0.25, 0.3) is 0 Å². The van der Waals surface area contributed by atoms with Gasteiger partial charge in [-0.2, -0.15) is 0 Å². The molecule has 4 heteroatoms. The van der Waals surface area contributed by atoms with E-state index in [4.69, 9.17) is 5.84 Å². The summed E-state index contributed by atoms with van der Waals surface area (Å²) in [6, 6.07) is 20.2. The summed E-state index contributed by atoms with van der Waals surface area (Å²) < 4.78 is 0. The molecule has 0 aliphatic carbocycles. The van der Waals surface area contributed by atoms with Gasteiger partial charge in [0.05, 0.1) is 12.2 Å².